The zero-order valence-corrected chi connectivity index (χ0v) is 12.0. The molecule has 5 heteroatoms. The molecule has 1 saturated heterocycles. The first-order chi connectivity index (χ1) is 9.49. The van der Waals surface area contributed by atoms with Gasteiger partial charge in [0.1, 0.15) is 5.82 Å². The molecule has 1 aromatic rings. The maximum atomic E-state index is 13.8. The van der Waals surface area contributed by atoms with Gasteiger partial charge in [0.15, 0.2) is 0 Å². The minimum atomic E-state index is -0.727. The summed E-state index contributed by atoms with van der Waals surface area (Å²) < 4.78 is 19.1. The Bertz CT molecular complexity index is 471. The molecule has 0 spiro atoms. The summed E-state index contributed by atoms with van der Waals surface area (Å²) in [4.78, 5) is 14.1. The smallest absolute Gasteiger partial charge is 0.234 e. The molecule has 1 fully saturated rings. The van der Waals surface area contributed by atoms with Crippen LogP contribution in [-0.2, 0) is 15.1 Å². The standard InChI is InChI=1S/C15H21FN2O2/c1-15(2,12-5-3-4-6-13(12)16)17-14(19)11-18-7-9-20-10-8-18/h3-6H,7-11H2,1-2H3,(H,17,19). The predicted molar refractivity (Wildman–Crippen MR) is 74.8 cm³/mol. The molecule has 1 heterocycles. The number of benzene rings is 1. The summed E-state index contributed by atoms with van der Waals surface area (Å²) in [6.45, 7) is 6.77. The minimum Gasteiger partial charge on any atom is -0.379 e. The maximum absolute atomic E-state index is 13.8. The van der Waals surface area contributed by atoms with Gasteiger partial charge in [0.05, 0.1) is 25.3 Å². The molecule has 0 saturated carbocycles. The predicted octanol–water partition coefficient (Wildman–Crippen LogP) is 1.51. The van der Waals surface area contributed by atoms with Crippen LogP contribution in [-0.4, -0.2) is 43.7 Å². The molecule has 0 aliphatic carbocycles. The van der Waals surface area contributed by atoms with Crippen LogP contribution in [0.25, 0.3) is 0 Å². The lowest BCUT2D eigenvalue weighted by Gasteiger charge is -2.30. The van der Waals surface area contributed by atoms with Gasteiger partial charge in [0, 0.05) is 18.7 Å². The van der Waals surface area contributed by atoms with Crippen molar-refractivity contribution in [1.82, 2.24) is 10.2 Å². The largest absolute Gasteiger partial charge is 0.379 e. The second-order valence-electron chi connectivity index (χ2n) is 5.54. The van der Waals surface area contributed by atoms with Crippen LogP contribution in [0.2, 0.25) is 0 Å². The fourth-order valence-corrected chi connectivity index (χ4v) is 2.39. The van der Waals surface area contributed by atoms with Crippen LogP contribution in [0.4, 0.5) is 4.39 Å². The van der Waals surface area contributed by atoms with E-state index >= 15 is 0 Å². The van der Waals surface area contributed by atoms with Gasteiger partial charge in [-0.2, -0.15) is 0 Å². The Hall–Kier alpha value is -1.46. The van der Waals surface area contributed by atoms with Crippen molar-refractivity contribution in [3.8, 4) is 0 Å². The number of morpholine rings is 1. The first-order valence-electron chi connectivity index (χ1n) is 6.85. The van der Waals surface area contributed by atoms with Crippen LogP contribution < -0.4 is 5.32 Å². The van der Waals surface area contributed by atoms with Gasteiger partial charge in [-0.3, -0.25) is 9.69 Å². The maximum Gasteiger partial charge on any atom is 0.234 e. The Balaban J connectivity index is 1.97. The molecule has 0 aromatic heterocycles. The average Bonchev–Trinajstić information content (AvgIpc) is 2.39. The van der Waals surface area contributed by atoms with Gasteiger partial charge in [0.2, 0.25) is 5.91 Å². The van der Waals surface area contributed by atoms with Crippen molar-refractivity contribution in [2.75, 3.05) is 32.8 Å². The molecule has 1 aromatic carbocycles. The zero-order valence-electron chi connectivity index (χ0n) is 12.0. The van der Waals surface area contributed by atoms with Gasteiger partial charge < -0.3 is 10.1 Å². The second-order valence-corrected chi connectivity index (χ2v) is 5.54. The molecule has 1 aliphatic rings. The quantitative estimate of drug-likeness (QED) is 0.909. The van der Waals surface area contributed by atoms with Crippen molar-refractivity contribution in [3.63, 3.8) is 0 Å². The molecule has 0 atom stereocenters. The van der Waals surface area contributed by atoms with E-state index in [2.05, 4.69) is 5.32 Å². The minimum absolute atomic E-state index is 0.0971. The number of rotatable bonds is 4. The van der Waals surface area contributed by atoms with Crippen molar-refractivity contribution in [2.45, 2.75) is 19.4 Å². The SMILES string of the molecule is CC(C)(NC(=O)CN1CCOCC1)c1ccccc1F. The molecule has 1 N–H and O–H groups in total. The summed E-state index contributed by atoms with van der Waals surface area (Å²) >= 11 is 0. The van der Waals surface area contributed by atoms with Gasteiger partial charge in [-0.15, -0.1) is 0 Å². The topological polar surface area (TPSA) is 41.6 Å². The molecular formula is C15H21FN2O2. The number of amides is 1. The number of hydrogen-bond donors (Lipinski definition) is 1. The molecule has 1 amide bonds. The fourth-order valence-electron chi connectivity index (χ4n) is 2.39. The molecular weight excluding hydrogens is 259 g/mol. The van der Waals surface area contributed by atoms with Crippen LogP contribution in [0.5, 0.6) is 0 Å². The molecule has 4 nitrogen and oxygen atoms in total. The number of ether oxygens (including phenoxy) is 1. The van der Waals surface area contributed by atoms with E-state index in [0.717, 1.165) is 13.1 Å². The summed E-state index contributed by atoms with van der Waals surface area (Å²) in [5.74, 6) is -0.399. The summed E-state index contributed by atoms with van der Waals surface area (Å²) in [5.41, 5.74) is -0.232. The Labute approximate surface area is 118 Å². The van der Waals surface area contributed by atoms with Crippen molar-refractivity contribution in [2.24, 2.45) is 0 Å². The van der Waals surface area contributed by atoms with E-state index in [4.69, 9.17) is 4.74 Å². The molecule has 20 heavy (non-hydrogen) atoms. The molecule has 0 unspecified atom stereocenters. The van der Waals surface area contributed by atoms with Crippen LogP contribution in [0.15, 0.2) is 24.3 Å². The Kier molecular flexibility index (Phi) is 4.73. The highest BCUT2D eigenvalue weighted by Gasteiger charge is 2.26. The Morgan fingerprint density at radius 2 is 2.00 bits per heavy atom. The third-order valence-electron chi connectivity index (χ3n) is 3.47. The van der Waals surface area contributed by atoms with Gasteiger partial charge in [-0.25, -0.2) is 4.39 Å². The van der Waals surface area contributed by atoms with E-state index in [0.29, 0.717) is 25.3 Å². The number of nitrogens with zero attached hydrogens (tertiary/aromatic N) is 1. The van der Waals surface area contributed by atoms with Crippen molar-refractivity contribution in [1.29, 1.82) is 0 Å². The summed E-state index contributed by atoms with van der Waals surface area (Å²) in [6, 6.07) is 6.52. The monoisotopic (exact) mass is 280 g/mol. The fraction of sp³-hybridized carbons (Fsp3) is 0.533. The van der Waals surface area contributed by atoms with E-state index in [9.17, 15) is 9.18 Å². The van der Waals surface area contributed by atoms with E-state index in [1.807, 2.05) is 18.7 Å². The Morgan fingerprint density at radius 3 is 2.65 bits per heavy atom. The number of carbonyl (C=O) groups is 1. The van der Waals surface area contributed by atoms with E-state index in [1.165, 1.54) is 6.07 Å². The normalized spacial score (nSPS) is 16.9. The Morgan fingerprint density at radius 1 is 1.35 bits per heavy atom. The molecule has 0 radical (unpaired) electrons. The average molecular weight is 280 g/mol. The van der Waals surface area contributed by atoms with Crippen molar-refractivity contribution < 1.29 is 13.9 Å². The summed E-state index contributed by atoms with van der Waals surface area (Å²) in [7, 11) is 0. The highest BCUT2D eigenvalue weighted by Crippen LogP contribution is 2.22. The van der Waals surface area contributed by atoms with Crippen molar-refractivity contribution >= 4 is 5.91 Å². The number of halogens is 1. The highest BCUT2D eigenvalue weighted by molar-refractivity contribution is 5.79. The summed E-state index contributed by atoms with van der Waals surface area (Å²) in [5, 5.41) is 2.90. The number of hydrogen-bond acceptors (Lipinski definition) is 3. The lowest BCUT2D eigenvalue weighted by molar-refractivity contribution is -0.125. The van der Waals surface area contributed by atoms with Crippen molar-refractivity contribution in [3.05, 3.63) is 35.6 Å². The molecule has 110 valence electrons. The van der Waals surface area contributed by atoms with Crippen LogP contribution in [0.3, 0.4) is 0 Å². The van der Waals surface area contributed by atoms with E-state index < -0.39 is 5.54 Å². The van der Waals surface area contributed by atoms with Gasteiger partial charge in [0.25, 0.3) is 0 Å². The second kappa shape index (κ2) is 6.33. The molecule has 1 aliphatic heterocycles. The number of carbonyl (C=O) groups excluding carboxylic acids is 1. The van der Waals surface area contributed by atoms with Gasteiger partial charge >= 0.3 is 0 Å². The van der Waals surface area contributed by atoms with Gasteiger partial charge in [-0.1, -0.05) is 18.2 Å². The summed E-state index contributed by atoms with van der Waals surface area (Å²) in [6.07, 6.45) is 0. The van der Waals surface area contributed by atoms with E-state index in [-0.39, 0.29) is 11.7 Å². The van der Waals surface area contributed by atoms with Crippen LogP contribution in [0.1, 0.15) is 19.4 Å². The third-order valence-corrected chi connectivity index (χ3v) is 3.47. The molecule has 0 bridgehead atoms. The lowest BCUT2D eigenvalue weighted by Crippen LogP contribution is -2.48. The molecule has 2 rings (SSSR count). The zero-order chi connectivity index (χ0) is 14.6. The highest BCUT2D eigenvalue weighted by atomic mass is 19.1. The number of nitrogens with one attached hydrogen (secondary N) is 1. The van der Waals surface area contributed by atoms with Crippen LogP contribution in [0, 0.1) is 5.82 Å². The van der Waals surface area contributed by atoms with Crippen LogP contribution >= 0.6 is 0 Å². The van der Waals surface area contributed by atoms with Gasteiger partial charge in [-0.05, 0) is 19.9 Å². The lowest BCUT2D eigenvalue weighted by atomic mass is 9.93. The third kappa shape index (κ3) is 3.77. The van der Waals surface area contributed by atoms with E-state index in [1.54, 1.807) is 18.2 Å². The first kappa shape index (κ1) is 14.9. The first-order valence-corrected chi connectivity index (χ1v) is 6.85.